The van der Waals surface area contributed by atoms with Gasteiger partial charge in [-0.3, -0.25) is 9.36 Å². The summed E-state index contributed by atoms with van der Waals surface area (Å²) in [7, 11) is 4.04. The van der Waals surface area contributed by atoms with Crippen molar-refractivity contribution in [3.8, 4) is 5.69 Å². The van der Waals surface area contributed by atoms with Gasteiger partial charge >= 0.3 is 0 Å². The van der Waals surface area contributed by atoms with Crippen LogP contribution in [0, 0.1) is 0 Å². The molecule has 8 heteroatoms. The quantitative estimate of drug-likeness (QED) is 0.463. The van der Waals surface area contributed by atoms with Gasteiger partial charge in [0.15, 0.2) is 5.16 Å². The first-order valence-electron chi connectivity index (χ1n) is 10.8. The molecule has 0 bridgehead atoms. The van der Waals surface area contributed by atoms with Crippen molar-refractivity contribution in [1.29, 1.82) is 0 Å². The van der Waals surface area contributed by atoms with Crippen LogP contribution in [0.1, 0.15) is 18.4 Å². The smallest absolute Gasteiger partial charge is 0.233 e. The monoisotopic (exact) mass is 451 g/mol. The molecule has 0 aliphatic carbocycles. The molecule has 1 atom stereocenters. The normalized spacial score (nSPS) is 15.6. The standard InChI is InChI=1S/C24H29N5O2S/c1-27(2)20-12-10-19(11-13-20)15-28(16-22-9-6-14-31-22)23(30)17-32-24-26-25-18-29(24)21-7-4-3-5-8-21/h3-5,7-8,10-13,18,22H,6,9,14-17H2,1-2H3/t22-/m1/s1. The van der Waals surface area contributed by atoms with E-state index in [1.165, 1.54) is 11.8 Å². The van der Waals surface area contributed by atoms with Crippen molar-refractivity contribution in [2.24, 2.45) is 0 Å². The summed E-state index contributed by atoms with van der Waals surface area (Å²) in [5.74, 6) is 0.374. The zero-order valence-corrected chi connectivity index (χ0v) is 19.4. The molecule has 0 unspecified atom stereocenters. The van der Waals surface area contributed by atoms with Crippen LogP contribution < -0.4 is 4.90 Å². The third-order valence-electron chi connectivity index (χ3n) is 5.50. The van der Waals surface area contributed by atoms with E-state index in [2.05, 4.69) is 39.4 Å². The SMILES string of the molecule is CN(C)c1ccc(CN(C[C@H]2CCCO2)C(=O)CSc2nncn2-c2ccccc2)cc1. The summed E-state index contributed by atoms with van der Waals surface area (Å²) in [6.45, 7) is 1.96. The molecule has 2 heterocycles. The van der Waals surface area contributed by atoms with Gasteiger partial charge in [-0.2, -0.15) is 0 Å². The Morgan fingerprint density at radius 3 is 2.62 bits per heavy atom. The summed E-state index contributed by atoms with van der Waals surface area (Å²) in [5, 5.41) is 8.96. The van der Waals surface area contributed by atoms with E-state index in [-0.39, 0.29) is 12.0 Å². The second-order valence-electron chi connectivity index (χ2n) is 8.08. The summed E-state index contributed by atoms with van der Waals surface area (Å²) >= 11 is 1.41. The number of ether oxygens (including phenoxy) is 1. The second kappa shape index (κ2) is 10.7. The highest BCUT2D eigenvalue weighted by atomic mass is 32.2. The highest BCUT2D eigenvalue weighted by molar-refractivity contribution is 7.99. The summed E-state index contributed by atoms with van der Waals surface area (Å²) in [6.07, 6.45) is 3.84. The molecule has 1 aliphatic heterocycles. The first-order chi connectivity index (χ1) is 15.6. The molecule has 3 aromatic rings. The van der Waals surface area contributed by atoms with E-state index in [0.29, 0.717) is 24.0 Å². The van der Waals surface area contributed by atoms with Crippen molar-refractivity contribution in [2.45, 2.75) is 30.6 Å². The third kappa shape index (κ3) is 5.69. The van der Waals surface area contributed by atoms with Crippen LogP contribution in [0.25, 0.3) is 5.69 Å². The van der Waals surface area contributed by atoms with Gasteiger partial charge in [-0.15, -0.1) is 10.2 Å². The van der Waals surface area contributed by atoms with Crippen LogP contribution in [-0.2, 0) is 16.1 Å². The Balaban J connectivity index is 1.44. The average molecular weight is 452 g/mol. The second-order valence-corrected chi connectivity index (χ2v) is 9.02. The van der Waals surface area contributed by atoms with Crippen LogP contribution in [0.5, 0.6) is 0 Å². The number of anilines is 1. The van der Waals surface area contributed by atoms with Crippen LogP contribution in [0.15, 0.2) is 66.1 Å². The van der Waals surface area contributed by atoms with Gasteiger partial charge in [0.2, 0.25) is 5.91 Å². The van der Waals surface area contributed by atoms with Crippen LogP contribution in [0.3, 0.4) is 0 Å². The molecule has 2 aromatic carbocycles. The van der Waals surface area contributed by atoms with Crippen molar-refractivity contribution < 1.29 is 9.53 Å². The zero-order valence-electron chi connectivity index (χ0n) is 18.6. The molecule has 1 saturated heterocycles. The maximum atomic E-state index is 13.2. The number of para-hydroxylation sites is 1. The van der Waals surface area contributed by atoms with E-state index in [9.17, 15) is 4.79 Å². The molecule has 0 N–H and O–H groups in total. The van der Waals surface area contributed by atoms with E-state index in [1.807, 2.05) is 53.9 Å². The number of hydrogen-bond donors (Lipinski definition) is 0. The molecular formula is C24H29N5O2S. The van der Waals surface area contributed by atoms with Gasteiger partial charge in [-0.25, -0.2) is 0 Å². The maximum Gasteiger partial charge on any atom is 0.233 e. The first kappa shape index (κ1) is 22.4. The van der Waals surface area contributed by atoms with Gasteiger partial charge in [0.1, 0.15) is 6.33 Å². The number of amides is 1. The Hall–Kier alpha value is -2.84. The Kier molecular flexibility index (Phi) is 7.44. The zero-order chi connectivity index (χ0) is 22.3. The first-order valence-corrected chi connectivity index (χ1v) is 11.8. The lowest BCUT2D eigenvalue weighted by Gasteiger charge is -2.26. The summed E-state index contributed by atoms with van der Waals surface area (Å²) in [5.41, 5.74) is 3.23. The number of benzene rings is 2. The van der Waals surface area contributed by atoms with Gasteiger partial charge in [0.25, 0.3) is 0 Å². The predicted molar refractivity (Wildman–Crippen MR) is 127 cm³/mol. The minimum atomic E-state index is 0.0739. The van der Waals surface area contributed by atoms with Gasteiger partial charge in [0, 0.05) is 45.2 Å². The molecule has 0 saturated carbocycles. The van der Waals surface area contributed by atoms with Gasteiger partial charge in [0.05, 0.1) is 11.9 Å². The number of carbonyl (C=O) groups excluding carboxylic acids is 1. The highest BCUT2D eigenvalue weighted by Crippen LogP contribution is 2.22. The molecule has 4 rings (SSSR count). The molecular weight excluding hydrogens is 422 g/mol. The summed E-state index contributed by atoms with van der Waals surface area (Å²) in [4.78, 5) is 17.2. The molecule has 0 radical (unpaired) electrons. The molecule has 168 valence electrons. The van der Waals surface area contributed by atoms with Gasteiger partial charge < -0.3 is 14.5 Å². The fraction of sp³-hybridized carbons (Fsp3) is 0.375. The summed E-state index contributed by atoms with van der Waals surface area (Å²) in [6, 6.07) is 18.3. The van der Waals surface area contributed by atoms with Gasteiger partial charge in [-0.1, -0.05) is 42.1 Å². The van der Waals surface area contributed by atoms with Crippen molar-refractivity contribution in [2.75, 3.05) is 37.9 Å². The number of carbonyl (C=O) groups is 1. The van der Waals surface area contributed by atoms with Crippen molar-refractivity contribution in [3.63, 3.8) is 0 Å². The van der Waals surface area contributed by atoms with Crippen molar-refractivity contribution in [3.05, 3.63) is 66.5 Å². The molecule has 0 spiro atoms. The van der Waals surface area contributed by atoms with E-state index in [1.54, 1.807) is 6.33 Å². The molecule has 1 fully saturated rings. The summed E-state index contributed by atoms with van der Waals surface area (Å²) < 4.78 is 7.72. The van der Waals surface area contributed by atoms with Gasteiger partial charge in [-0.05, 0) is 42.7 Å². The fourth-order valence-corrected chi connectivity index (χ4v) is 4.55. The Morgan fingerprint density at radius 2 is 1.94 bits per heavy atom. The fourth-order valence-electron chi connectivity index (χ4n) is 3.71. The topological polar surface area (TPSA) is 63.5 Å². The van der Waals surface area contributed by atoms with E-state index < -0.39 is 0 Å². The van der Waals surface area contributed by atoms with Crippen molar-refractivity contribution in [1.82, 2.24) is 19.7 Å². The number of thioether (sulfide) groups is 1. The lowest BCUT2D eigenvalue weighted by Crippen LogP contribution is -2.38. The lowest BCUT2D eigenvalue weighted by atomic mass is 10.1. The predicted octanol–water partition coefficient (Wildman–Crippen LogP) is 3.63. The van der Waals surface area contributed by atoms with E-state index in [0.717, 1.165) is 36.4 Å². The Morgan fingerprint density at radius 1 is 1.16 bits per heavy atom. The average Bonchev–Trinajstić information content (AvgIpc) is 3.50. The van der Waals surface area contributed by atoms with E-state index in [4.69, 9.17) is 4.74 Å². The molecule has 32 heavy (non-hydrogen) atoms. The highest BCUT2D eigenvalue weighted by Gasteiger charge is 2.23. The van der Waals surface area contributed by atoms with Crippen LogP contribution in [-0.4, -0.2) is 64.7 Å². The maximum absolute atomic E-state index is 13.2. The third-order valence-corrected chi connectivity index (χ3v) is 6.43. The molecule has 7 nitrogen and oxygen atoms in total. The van der Waals surface area contributed by atoms with Crippen LogP contribution >= 0.6 is 11.8 Å². The molecule has 1 aliphatic rings. The lowest BCUT2D eigenvalue weighted by molar-refractivity contribution is -0.130. The van der Waals surface area contributed by atoms with Crippen LogP contribution in [0.4, 0.5) is 5.69 Å². The van der Waals surface area contributed by atoms with E-state index >= 15 is 0 Å². The van der Waals surface area contributed by atoms with Crippen molar-refractivity contribution >= 4 is 23.4 Å². The Labute approximate surface area is 193 Å². The molecule has 1 aromatic heterocycles. The number of hydrogen-bond acceptors (Lipinski definition) is 6. The number of rotatable bonds is 9. The minimum Gasteiger partial charge on any atom is -0.378 e. The number of aromatic nitrogens is 3. The number of nitrogens with zero attached hydrogens (tertiary/aromatic N) is 5. The van der Waals surface area contributed by atoms with Crippen LogP contribution in [0.2, 0.25) is 0 Å². The molecule has 1 amide bonds. The largest absolute Gasteiger partial charge is 0.378 e. The Bertz CT molecular complexity index is 1000. The minimum absolute atomic E-state index is 0.0739.